The molecule has 1 N–H and O–H groups in total. The molecule has 0 aromatic heterocycles. The lowest BCUT2D eigenvalue weighted by atomic mass is 9.97. The van der Waals surface area contributed by atoms with Crippen molar-refractivity contribution in [3.63, 3.8) is 0 Å². The summed E-state index contributed by atoms with van der Waals surface area (Å²) in [5, 5.41) is 3.58. The highest BCUT2D eigenvalue weighted by atomic mass is 16.5. The van der Waals surface area contributed by atoms with E-state index in [0.717, 1.165) is 38.5 Å². The predicted octanol–water partition coefficient (Wildman–Crippen LogP) is 2.37. The highest BCUT2D eigenvalue weighted by molar-refractivity contribution is 5.40. The fourth-order valence-electron chi connectivity index (χ4n) is 2.98. The lowest BCUT2D eigenvalue weighted by molar-refractivity contribution is -0.0456. The number of hydrogen-bond donors (Lipinski definition) is 1. The van der Waals surface area contributed by atoms with Crippen molar-refractivity contribution in [1.29, 1.82) is 0 Å². The van der Waals surface area contributed by atoms with Crippen molar-refractivity contribution < 1.29 is 9.47 Å². The zero-order valence-electron chi connectivity index (χ0n) is 13.7. The first-order valence-electron chi connectivity index (χ1n) is 7.91. The van der Waals surface area contributed by atoms with Gasteiger partial charge in [0.25, 0.3) is 0 Å². The molecule has 0 radical (unpaired) electrons. The van der Waals surface area contributed by atoms with Crippen LogP contribution in [0.1, 0.15) is 31.0 Å². The van der Waals surface area contributed by atoms with E-state index in [-0.39, 0.29) is 12.1 Å². The first-order valence-corrected chi connectivity index (χ1v) is 7.91. The van der Waals surface area contributed by atoms with E-state index in [2.05, 4.69) is 49.2 Å². The molecule has 0 aliphatic carbocycles. The van der Waals surface area contributed by atoms with Gasteiger partial charge >= 0.3 is 0 Å². The summed E-state index contributed by atoms with van der Waals surface area (Å²) in [5.41, 5.74) is 2.44. The third kappa shape index (κ3) is 3.96. The molecule has 2 unspecified atom stereocenters. The van der Waals surface area contributed by atoms with Gasteiger partial charge in [-0.1, -0.05) is 31.5 Å². The largest absolute Gasteiger partial charge is 0.496 e. The fraction of sp³-hybridized carbons (Fsp3) is 0.647. The van der Waals surface area contributed by atoms with Gasteiger partial charge in [0, 0.05) is 18.7 Å². The standard InChI is InChI=1S/C17H28N2O2/c1-5-18-17(16-12-19(6-2)9-10-21-16)14-11-13(3)7-8-15(14)20-4/h7-8,11,16-18H,5-6,9-10,12H2,1-4H3. The van der Waals surface area contributed by atoms with Gasteiger partial charge in [-0.15, -0.1) is 0 Å². The number of rotatable bonds is 6. The minimum Gasteiger partial charge on any atom is -0.496 e. The summed E-state index contributed by atoms with van der Waals surface area (Å²) in [6.45, 7) is 11.2. The Morgan fingerprint density at radius 1 is 1.43 bits per heavy atom. The average molecular weight is 292 g/mol. The average Bonchev–Trinajstić information content (AvgIpc) is 2.52. The highest BCUT2D eigenvalue weighted by Crippen LogP contribution is 2.30. The molecule has 0 saturated carbocycles. The van der Waals surface area contributed by atoms with Gasteiger partial charge in [-0.2, -0.15) is 0 Å². The van der Waals surface area contributed by atoms with Crippen LogP contribution in [0.15, 0.2) is 18.2 Å². The van der Waals surface area contributed by atoms with Crippen LogP contribution in [0.3, 0.4) is 0 Å². The van der Waals surface area contributed by atoms with Crippen molar-refractivity contribution >= 4 is 0 Å². The van der Waals surface area contributed by atoms with E-state index in [1.54, 1.807) is 7.11 Å². The van der Waals surface area contributed by atoms with Crippen LogP contribution in [0.5, 0.6) is 5.75 Å². The number of ether oxygens (including phenoxy) is 2. The van der Waals surface area contributed by atoms with Gasteiger partial charge in [0.05, 0.1) is 25.9 Å². The number of morpholine rings is 1. The summed E-state index contributed by atoms with van der Waals surface area (Å²) in [4.78, 5) is 2.45. The molecule has 1 fully saturated rings. The molecular formula is C17H28N2O2. The van der Waals surface area contributed by atoms with Crippen LogP contribution in [-0.4, -0.2) is 50.9 Å². The first kappa shape index (κ1) is 16.3. The monoisotopic (exact) mass is 292 g/mol. The highest BCUT2D eigenvalue weighted by Gasteiger charge is 2.30. The first-order chi connectivity index (χ1) is 10.2. The summed E-state index contributed by atoms with van der Waals surface area (Å²) in [7, 11) is 1.73. The maximum Gasteiger partial charge on any atom is 0.123 e. The molecule has 1 heterocycles. The van der Waals surface area contributed by atoms with Gasteiger partial charge in [0.15, 0.2) is 0 Å². The molecule has 1 aliphatic rings. The summed E-state index contributed by atoms with van der Waals surface area (Å²) in [5.74, 6) is 0.934. The number of nitrogens with zero attached hydrogens (tertiary/aromatic N) is 1. The van der Waals surface area contributed by atoms with E-state index in [9.17, 15) is 0 Å². The van der Waals surface area contributed by atoms with E-state index in [1.165, 1.54) is 11.1 Å². The van der Waals surface area contributed by atoms with Crippen LogP contribution < -0.4 is 10.1 Å². The van der Waals surface area contributed by atoms with Gasteiger partial charge < -0.3 is 14.8 Å². The molecule has 1 aromatic carbocycles. The molecule has 21 heavy (non-hydrogen) atoms. The van der Waals surface area contributed by atoms with Crippen molar-refractivity contribution in [2.24, 2.45) is 0 Å². The Hall–Kier alpha value is -1.10. The minimum absolute atomic E-state index is 0.161. The van der Waals surface area contributed by atoms with Crippen molar-refractivity contribution in [3.05, 3.63) is 29.3 Å². The Balaban J connectivity index is 2.27. The third-order valence-corrected chi connectivity index (χ3v) is 4.14. The zero-order chi connectivity index (χ0) is 15.2. The van der Waals surface area contributed by atoms with E-state index in [1.807, 2.05) is 0 Å². The van der Waals surface area contributed by atoms with Crippen LogP contribution >= 0.6 is 0 Å². The summed E-state index contributed by atoms with van der Waals surface area (Å²) in [6, 6.07) is 6.51. The SMILES string of the molecule is CCNC(c1cc(C)ccc1OC)C1CN(CC)CCO1. The molecule has 4 nitrogen and oxygen atoms in total. The van der Waals surface area contributed by atoms with E-state index < -0.39 is 0 Å². The summed E-state index contributed by atoms with van der Waals surface area (Å²) >= 11 is 0. The number of hydrogen-bond acceptors (Lipinski definition) is 4. The molecule has 1 aromatic rings. The molecule has 118 valence electrons. The number of likely N-dealkylation sites (N-methyl/N-ethyl adjacent to an activating group) is 2. The maximum atomic E-state index is 6.06. The van der Waals surface area contributed by atoms with Crippen molar-refractivity contribution in [1.82, 2.24) is 10.2 Å². The van der Waals surface area contributed by atoms with E-state index >= 15 is 0 Å². The third-order valence-electron chi connectivity index (χ3n) is 4.14. The van der Waals surface area contributed by atoms with Gasteiger partial charge in [-0.25, -0.2) is 0 Å². The predicted molar refractivity (Wildman–Crippen MR) is 86.0 cm³/mol. The lowest BCUT2D eigenvalue weighted by Crippen LogP contribution is -2.48. The van der Waals surface area contributed by atoms with Crippen LogP contribution in [0.4, 0.5) is 0 Å². The minimum atomic E-state index is 0.161. The van der Waals surface area contributed by atoms with Crippen LogP contribution in [0, 0.1) is 6.92 Å². The molecule has 4 heteroatoms. The second-order valence-electron chi connectivity index (χ2n) is 5.58. The number of aryl methyl sites for hydroxylation is 1. The van der Waals surface area contributed by atoms with Crippen LogP contribution in [-0.2, 0) is 4.74 Å². The van der Waals surface area contributed by atoms with E-state index in [0.29, 0.717) is 0 Å². The quantitative estimate of drug-likeness (QED) is 0.873. The van der Waals surface area contributed by atoms with Gasteiger partial charge in [-0.3, -0.25) is 4.90 Å². The Labute approximate surface area is 128 Å². The second-order valence-corrected chi connectivity index (χ2v) is 5.58. The van der Waals surface area contributed by atoms with Gasteiger partial charge in [0.2, 0.25) is 0 Å². The Kier molecular flexibility index (Phi) is 6.03. The van der Waals surface area contributed by atoms with Crippen molar-refractivity contribution in [2.45, 2.75) is 32.9 Å². The number of nitrogens with one attached hydrogen (secondary N) is 1. The Morgan fingerprint density at radius 2 is 2.24 bits per heavy atom. The second kappa shape index (κ2) is 7.78. The lowest BCUT2D eigenvalue weighted by Gasteiger charge is -2.37. The van der Waals surface area contributed by atoms with Gasteiger partial charge in [0.1, 0.15) is 5.75 Å². The Bertz CT molecular complexity index is 450. The molecule has 1 saturated heterocycles. The molecular weight excluding hydrogens is 264 g/mol. The molecule has 0 bridgehead atoms. The number of benzene rings is 1. The maximum absolute atomic E-state index is 6.06. The molecule has 2 atom stereocenters. The summed E-state index contributed by atoms with van der Waals surface area (Å²) < 4.78 is 11.6. The molecule has 0 amide bonds. The summed E-state index contributed by atoms with van der Waals surface area (Å²) in [6.07, 6.45) is 0.161. The molecule has 2 rings (SSSR count). The fourth-order valence-corrected chi connectivity index (χ4v) is 2.98. The molecule has 0 spiro atoms. The van der Waals surface area contributed by atoms with Crippen LogP contribution in [0.2, 0.25) is 0 Å². The number of methoxy groups -OCH3 is 1. The van der Waals surface area contributed by atoms with E-state index in [4.69, 9.17) is 9.47 Å². The van der Waals surface area contributed by atoms with Crippen LogP contribution in [0.25, 0.3) is 0 Å². The van der Waals surface area contributed by atoms with Gasteiger partial charge in [-0.05, 0) is 26.1 Å². The van der Waals surface area contributed by atoms with Crippen molar-refractivity contribution in [2.75, 3.05) is 39.9 Å². The zero-order valence-corrected chi connectivity index (χ0v) is 13.7. The smallest absolute Gasteiger partial charge is 0.123 e. The molecule has 1 aliphatic heterocycles. The normalized spacial score (nSPS) is 21.2. The van der Waals surface area contributed by atoms with Crippen molar-refractivity contribution in [3.8, 4) is 5.75 Å². The Morgan fingerprint density at radius 3 is 2.90 bits per heavy atom. The topological polar surface area (TPSA) is 33.7 Å².